The van der Waals surface area contributed by atoms with E-state index in [0.717, 1.165) is 0 Å². The van der Waals surface area contributed by atoms with Crippen molar-refractivity contribution in [1.29, 1.82) is 0 Å². The second-order valence-electron chi connectivity index (χ2n) is 3.51. The third kappa shape index (κ3) is 1.91. The number of aromatic nitrogens is 2. The number of hydrogen-bond donors (Lipinski definition) is 3. The number of nitrogens with one attached hydrogen (secondary N) is 1. The molecule has 0 radical (unpaired) electrons. The number of benzene rings is 1. The molecule has 0 aliphatic heterocycles. The minimum Gasteiger partial charge on any atom is -0.507 e. The summed E-state index contributed by atoms with van der Waals surface area (Å²) in [5.74, 6) is 0.755. The Balaban J connectivity index is 2.35. The Labute approximate surface area is 92.6 Å². The second-order valence-corrected chi connectivity index (χ2v) is 3.51. The smallest absolute Gasteiger partial charge is 0.166 e. The summed E-state index contributed by atoms with van der Waals surface area (Å²) in [6.07, 6.45) is 1.61. The summed E-state index contributed by atoms with van der Waals surface area (Å²) in [6, 6.07) is 6.57. The third-order valence-electron chi connectivity index (χ3n) is 2.36. The maximum Gasteiger partial charge on any atom is 0.166 e. The van der Waals surface area contributed by atoms with E-state index in [1.165, 1.54) is 0 Å². The first-order valence-corrected chi connectivity index (χ1v) is 4.96. The van der Waals surface area contributed by atoms with Crippen molar-refractivity contribution in [2.45, 2.75) is 6.04 Å². The van der Waals surface area contributed by atoms with Crippen LogP contribution in [0.2, 0.25) is 0 Å². The van der Waals surface area contributed by atoms with Crippen molar-refractivity contribution in [2.24, 2.45) is 5.73 Å². The van der Waals surface area contributed by atoms with Crippen LogP contribution in [0.25, 0.3) is 11.3 Å². The highest BCUT2D eigenvalue weighted by Crippen LogP contribution is 2.27. The molecule has 6 N–H and O–H groups in total. The summed E-state index contributed by atoms with van der Waals surface area (Å²) in [5, 5.41) is 16.8. The molecule has 0 unspecified atom stereocenters. The van der Waals surface area contributed by atoms with Gasteiger partial charge in [0, 0.05) is 5.56 Å². The van der Waals surface area contributed by atoms with Gasteiger partial charge >= 0.3 is 0 Å². The molecule has 0 fully saturated rings. The fourth-order valence-electron chi connectivity index (χ4n) is 1.46. The number of phenols is 1. The predicted molar refractivity (Wildman–Crippen MR) is 61.1 cm³/mol. The maximum atomic E-state index is 9.65. The first-order chi connectivity index (χ1) is 7.72. The highest BCUT2D eigenvalue weighted by molar-refractivity contribution is 5.66. The Morgan fingerprint density at radius 3 is 2.88 bits per heavy atom. The molecule has 0 saturated carbocycles. The summed E-state index contributed by atoms with van der Waals surface area (Å²) >= 11 is 0. The lowest BCUT2D eigenvalue weighted by molar-refractivity contribution is 0.264. The van der Waals surface area contributed by atoms with Crippen molar-refractivity contribution in [3.8, 4) is 17.0 Å². The Morgan fingerprint density at radius 1 is 1.44 bits per heavy atom. The molecule has 1 heterocycles. The van der Waals surface area contributed by atoms with E-state index >= 15 is 0 Å². The quantitative estimate of drug-likeness (QED) is 0.657. The second kappa shape index (κ2) is 4.34. The van der Waals surface area contributed by atoms with Gasteiger partial charge in [0.05, 0.1) is 11.9 Å². The molecule has 0 aliphatic carbocycles. The number of phenolic OH excluding ortho intramolecular Hbond substituents is 1. The van der Waals surface area contributed by atoms with Crippen LogP contribution in [0.5, 0.6) is 5.75 Å². The number of H-pyrrole nitrogens is 1. The van der Waals surface area contributed by atoms with Gasteiger partial charge in [-0.2, -0.15) is 0 Å². The lowest BCUT2D eigenvalue weighted by atomic mass is 10.1. The highest BCUT2D eigenvalue weighted by atomic mass is 16.3. The molecule has 16 heavy (non-hydrogen) atoms. The van der Waals surface area contributed by atoms with Gasteiger partial charge in [-0.15, -0.1) is 0 Å². The van der Waals surface area contributed by atoms with Crippen LogP contribution in [-0.2, 0) is 0 Å². The van der Waals surface area contributed by atoms with E-state index in [1.54, 1.807) is 24.4 Å². The molecule has 0 amide bonds. The zero-order chi connectivity index (χ0) is 11.5. The number of imidazole rings is 1. The Bertz CT molecular complexity index is 482. The maximum absolute atomic E-state index is 9.65. The highest BCUT2D eigenvalue weighted by Gasteiger charge is 2.13. The average Bonchev–Trinajstić information content (AvgIpc) is 2.78. The summed E-state index contributed by atoms with van der Waals surface area (Å²) in [4.78, 5) is 7.10. The first-order valence-electron chi connectivity index (χ1n) is 4.96. The lowest BCUT2D eigenvalue weighted by Crippen LogP contribution is -2.15. The summed E-state index contributed by atoms with van der Waals surface area (Å²) in [5.41, 5.74) is 7.06. The van der Waals surface area contributed by atoms with Crippen LogP contribution in [0.1, 0.15) is 11.9 Å². The van der Waals surface area contributed by atoms with Crippen LogP contribution in [-0.4, -0.2) is 26.8 Å². The van der Waals surface area contributed by atoms with Gasteiger partial charge < -0.3 is 20.9 Å². The molecule has 0 spiro atoms. The van der Waals surface area contributed by atoms with Gasteiger partial charge in [0.25, 0.3) is 0 Å². The topological polar surface area (TPSA) is 97.8 Å². The van der Waals surface area contributed by atoms with Gasteiger partial charge in [0.2, 0.25) is 0 Å². The normalized spacial score (nSPS) is 12.6. The standard InChI is InChI=1S/C11H13N3O2/c12-8(6-15)11-13-5-9(14-11)7-3-1-2-4-10(7)16/h1-5,8,15-16H,6,12H2,(H,13,14)/p+1/t8-/m0/s1. The van der Waals surface area contributed by atoms with E-state index < -0.39 is 6.04 Å². The zero-order valence-electron chi connectivity index (χ0n) is 8.64. The van der Waals surface area contributed by atoms with Gasteiger partial charge in [0.15, 0.2) is 6.61 Å². The number of aromatic amines is 1. The molecule has 5 heteroatoms. The van der Waals surface area contributed by atoms with E-state index in [0.29, 0.717) is 17.1 Å². The number of aromatic hydroxyl groups is 1. The van der Waals surface area contributed by atoms with Crippen molar-refractivity contribution in [2.75, 3.05) is 6.61 Å². The zero-order valence-corrected chi connectivity index (χ0v) is 8.64. The molecule has 84 valence electrons. The van der Waals surface area contributed by atoms with Gasteiger partial charge in [-0.05, 0) is 12.1 Å². The van der Waals surface area contributed by atoms with E-state index in [9.17, 15) is 5.11 Å². The Hall–Kier alpha value is -1.85. The SMILES string of the molecule is N[C@@H](C[OH2+])c1ncc(-c2ccccc2O)[nH]1. The fraction of sp³-hybridized carbons (Fsp3) is 0.182. The Morgan fingerprint density at radius 2 is 2.19 bits per heavy atom. The van der Waals surface area contributed by atoms with Crippen LogP contribution >= 0.6 is 0 Å². The summed E-state index contributed by atoms with van der Waals surface area (Å²) in [7, 11) is 0. The third-order valence-corrected chi connectivity index (χ3v) is 2.36. The van der Waals surface area contributed by atoms with Crippen molar-refractivity contribution in [1.82, 2.24) is 9.97 Å². The molecule has 2 rings (SSSR count). The summed E-state index contributed by atoms with van der Waals surface area (Å²) in [6.45, 7) is 0.0771. The van der Waals surface area contributed by atoms with Crippen molar-refractivity contribution in [3.63, 3.8) is 0 Å². The minimum atomic E-state index is -0.417. The predicted octanol–water partition coefficient (Wildman–Crippen LogP) is 0.507. The molecular weight excluding hydrogens is 206 g/mol. The monoisotopic (exact) mass is 220 g/mol. The van der Waals surface area contributed by atoms with Crippen LogP contribution in [0.4, 0.5) is 0 Å². The molecule has 1 aromatic carbocycles. The number of para-hydroxylation sites is 1. The molecule has 1 atom stereocenters. The van der Waals surface area contributed by atoms with Crippen molar-refractivity contribution >= 4 is 0 Å². The summed E-state index contributed by atoms with van der Waals surface area (Å²) < 4.78 is 0. The van der Waals surface area contributed by atoms with Crippen molar-refractivity contribution < 1.29 is 10.2 Å². The molecule has 0 saturated heterocycles. The van der Waals surface area contributed by atoms with Gasteiger partial charge in [0.1, 0.15) is 17.6 Å². The molecule has 0 aliphatic rings. The van der Waals surface area contributed by atoms with E-state index in [4.69, 9.17) is 10.8 Å². The van der Waals surface area contributed by atoms with Crippen LogP contribution in [0.3, 0.4) is 0 Å². The number of nitrogens with two attached hydrogens (primary N) is 1. The van der Waals surface area contributed by atoms with Crippen LogP contribution in [0.15, 0.2) is 30.5 Å². The van der Waals surface area contributed by atoms with E-state index in [-0.39, 0.29) is 12.4 Å². The van der Waals surface area contributed by atoms with Gasteiger partial charge in [-0.3, -0.25) is 0 Å². The fourth-order valence-corrected chi connectivity index (χ4v) is 1.46. The van der Waals surface area contributed by atoms with E-state index in [2.05, 4.69) is 9.97 Å². The van der Waals surface area contributed by atoms with Crippen molar-refractivity contribution in [3.05, 3.63) is 36.3 Å². The molecule has 2 aromatic rings. The molecule has 5 nitrogen and oxygen atoms in total. The van der Waals surface area contributed by atoms with Gasteiger partial charge in [-0.25, -0.2) is 4.98 Å². The van der Waals surface area contributed by atoms with Gasteiger partial charge in [-0.1, -0.05) is 12.1 Å². The largest absolute Gasteiger partial charge is 0.507 e. The lowest BCUT2D eigenvalue weighted by Gasteiger charge is -2.02. The van der Waals surface area contributed by atoms with Crippen LogP contribution in [0, 0.1) is 0 Å². The van der Waals surface area contributed by atoms with E-state index in [1.807, 2.05) is 6.07 Å². The van der Waals surface area contributed by atoms with Crippen LogP contribution < -0.4 is 5.73 Å². The Kier molecular flexibility index (Phi) is 2.89. The number of hydrogen-bond acceptors (Lipinski definition) is 3. The molecule has 0 bridgehead atoms. The average molecular weight is 220 g/mol. The minimum absolute atomic E-state index is 0.0771. The number of rotatable bonds is 3. The first kappa shape index (κ1) is 10.7. The molecule has 1 aromatic heterocycles. The number of nitrogens with zero attached hydrogens (tertiary/aromatic N) is 1. The molecular formula is C11H14N3O2+.